The third kappa shape index (κ3) is 43.7. The minimum absolute atomic E-state index is 0. The molecule has 764 valence electrons. The van der Waals surface area contributed by atoms with Crippen LogP contribution < -0.4 is 76.7 Å². The number of methoxy groups -OCH3 is 2. The second kappa shape index (κ2) is 74.3. The summed E-state index contributed by atoms with van der Waals surface area (Å²) < 4.78 is 32.4. The first-order valence-electron chi connectivity index (χ1n) is 53.3. The van der Waals surface area contributed by atoms with Crippen LogP contribution >= 0.6 is 47.6 Å². The van der Waals surface area contributed by atoms with Crippen LogP contribution in [0.5, 0.6) is 11.5 Å². The van der Waals surface area contributed by atoms with E-state index in [1.54, 1.807) is 50.7 Å². The van der Waals surface area contributed by atoms with Gasteiger partial charge in [-0.3, -0.25) is 0 Å². The van der Waals surface area contributed by atoms with Gasteiger partial charge in [0.1, 0.15) is 5.75 Å². The summed E-state index contributed by atoms with van der Waals surface area (Å²) in [6.07, 6.45) is 33.5. The van der Waals surface area contributed by atoms with Crippen LogP contribution in [0.3, 0.4) is 0 Å². The number of aromatic nitrogens is 4. The number of halogens is 1. The monoisotopic (exact) mass is 2480 g/mol. The van der Waals surface area contributed by atoms with Gasteiger partial charge in [-0.1, -0.05) is 380 Å². The van der Waals surface area contributed by atoms with Gasteiger partial charge in [0.15, 0.2) is 0 Å². The van der Waals surface area contributed by atoms with Crippen LogP contribution in [0.2, 0.25) is 39.9 Å². The van der Waals surface area contributed by atoms with Gasteiger partial charge >= 0.3 is 355 Å². The smallest absolute Gasteiger partial charge is 0.144 e. The molecule has 0 aliphatic heterocycles. The molecule has 0 saturated carbocycles. The van der Waals surface area contributed by atoms with Crippen LogP contribution in [0, 0.1) is 13.8 Å². The Hall–Kier alpha value is -7.64. The summed E-state index contributed by atoms with van der Waals surface area (Å²) in [7, 11) is 1.68. The van der Waals surface area contributed by atoms with Gasteiger partial charge in [-0.05, 0) is 120 Å². The summed E-state index contributed by atoms with van der Waals surface area (Å²) in [5.41, 5.74) is 4.10. The molecular formula is C130H163BrN4O2P4PdSn3. The molecule has 0 aliphatic rings. The van der Waals surface area contributed by atoms with Gasteiger partial charge in [-0.25, -0.2) is 4.98 Å². The average molecular weight is 2480 g/mol. The van der Waals surface area contributed by atoms with Crippen molar-refractivity contribution in [3.05, 3.63) is 441 Å². The second-order valence-electron chi connectivity index (χ2n) is 36.6. The van der Waals surface area contributed by atoms with Crippen LogP contribution in [0.25, 0.3) is 11.4 Å². The molecule has 16 rings (SSSR count). The van der Waals surface area contributed by atoms with Gasteiger partial charge in [-0.2, -0.15) is 0 Å². The van der Waals surface area contributed by atoms with Crippen molar-refractivity contribution in [3.8, 4) is 22.9 Å². The Morgan fingerprint density at radius 2 is 0.441 bits per heavy atom. The predicted octanol–water partition coefficient (Wildman–Crippen LogP) is 32.7. The number of ether oxygens (including phenoxy) is 2. The molecule has 6 nitrogen and oxygen atoms in total. The molecule has 0 unspecified atom stereocenters. The Kier molecular flexibility index (Phi) is 62.8. The van der Waals surface area contributed by atoms with Crippen molar-refractivity contribution < 1.29 is 29.9 Å². The largest absolute Gasteiger partial charge is 0.495 e. The van der Waals surface area contributed by atoms with Crippen LogP contribution in [-0.4, -0.2) is 91.2 Å². The Morgan fingerprint density at radius 3 is 0.614 bits per heavy atom. The van der Waals surface area contributed by atoms with Crippen molar-refractivity contribution in [1.82, 2.24) is 19.1 Å². The van der Waals surface area contributed by atoms with Gasteiger partial charge in [0.25, 0.3) is 0 Å². The van der Waals surface area contributed by atoms with E-state index in [1.165, 1.54) is 193 Å². The summed E-state index contributed by atoms with van der Waals surface area (Å²) in [4.78, 5) is 8.57. The van der Waals surface area contributed by atoms with Gasteiger partial charge < -0.3 is 9.30 Å². The zero-order valence-electron chi connectivity index (χ0n) is 89.1. The molecule has 0 N–H and O–H groups in total. The first kappa shape index (κ1) is 123. The number of unbranched alkanes of at least 4 members (excludes halogenated alkanes) is 9. The topological polar surface area (TPSA) is 54.1 Å². The first-order chi connectivity index (χ1) is 70.8. The van der Waals surface area contributed by atoms with E-state index in [4.69, 9.17) is 9.47 Å². The van der Waals surface area contributed by atoms with Crippen molar-refractivity contribution >= 4 is 173 Å². The van der Waals surface area contributed by atoms with Crippen molar-refractivity contribution in [1.29, 1.82) is 0 Å². The van der Waals surface area contributed by atoms with E-state index in [0.29, 0.717) is 0 Å². The van der Waals surface area contributed by atoms with E-state index >= 15 is 0 Å². The van der Waals surface area contributed by atoms with Crippen LogP contribution in [0.4, 0.5) is 0 Å². The molecule has 15 heteroatoms. The summed E-state index contributed by atoms with van der Waals surface area (Å²) in [6.45, 7) is 25.0. The molecule has 0 atom stereocenters. The van der Waals surface area contributed by atoms with E-state index < -0.39 is 89.6 Å². The fourth-order valence-corrected chi connectivity index (χ4v) is 62.0. The van der Waals surface area contributed by atoms with Gasteiger partial charge in [0.05, 0.1) is 24.8 Å². The number of benzene rings is 14. The molecule has 2 radical (unpaired) electrons. The second-order valence-corrected chi connectivity index (χ2v) is 76.8. The number of hydrogen-bond acceptors (Lipinski definition) is 4. The minimum atomic E-state index is -2.42. The van der Waals surface area contributed by atoms with E-state index in [0.717, 1.165) is 38.7 Å². The van der Waals surface area contributed by atoms with Crippen molar-refractivity contribution in [2.75, 3.05) is 14.2 Å². The molecule has 0 fully saturated rings. The average Bonchev–Trinajstić information content (AvgIpc) is 1.78. The van der Waals surface area contributed by atoms with Crippen molar-refractivity contribution in [2.24, 2.45) is 0 Å². The summed E-state index contributed by atoms with van der Waals surface area (Å²) >= 11 is -0.687. The molecule has 0 bridgehead atoms. The van der Waals surface area contributed by atoms with Crippen molar-refractivity contribution in [2.45, 2.75) is 232 Å². The Bertz CT molecular complexity index is 4990. The number of rotatable bonds is 44. The molecule has 0 saturated heterocycles. The molecule has 16 aromatic rings. The summed E-state index contributed by atoms with van der Waals surface area (Å²) in [5.74, 6) is 1.82. The minimum Gasteiger partial charge on any atom is -0.495 e. The molecule has 0 spiro atoms. The molecule has 145 heavy (non-hydrogen) atoms. The van der Waals surface area contributed by atoms with E-state index in [-0.39, 0.29) is 20.4 Å². The fraction of sp³-hybridized carbons (Fsp3) is 0.308. The van der Waals surface area contributed by atoms with Crippen LogP contribution in [0.15, 0.2) is 430 Å². The SMILES string of the molecule is CCC[CH2][Sn]([CH2]CCC)([CH2]CCC)[c]1ccc(-n2cnc(C)c2)c(OC)c1.CCC[CH2][Sn]([CH2]CCC)[CH2]CCC.CCC[CH2][Sn]([CH2]CCC)[CH2]CCC.COc1cc(Br)ccc1-n1cnc(C)c1.[Pd].c1ccc(P(c2ccccc2)c2ccccc2)cc1.c1ccc(P(c2ccccc2)c2ccccc2)cc1.c1ccc(P(c2ccccc2)c2ccccc2)cc1.c1ccc(P(c2ccccc2)c2ccccc2)cc1. The molecule has 14 aromatic carbocycles. The molecular weight excluding hydrogens is 2320 g/mol. The summed E-state index contributed by atoms with van der Waals surface area (Å²) in [6, 6.07) is 142. The quantitative estimate of drug-likeness (QED) is 0.0282. The number of nitrogens with zero attached hydrogens (tertiary/aromatic N) is 4. The molecule has 0 aliphatic carbocycles. The standard InChI is InChI=1S/4C18H15P.C11H11BrN2O.C11H11N2O.9C4H9.Pd.3Sn/c4*1-4-10-16(11-5-1)19(17-12-6-2-7-13-17)18-14-8-3-9-15-18;1-8-6-14(7-13-8)10-4-3-9(12)5-11(10)15-2;1-9-7-13(8-12-9)10-5-3-4-6-11(10)14-2;9*1-3-4-2;;;;/h4*1-15H;3-7H,1-2H3;3,5-8H,1-2H3;9*1,3-4H2,2H3;;;;. The predicted molar refractivity (Wildman–Crippen MR) is 652 cm³/mol. The van der Waals surface area contributed by atoms with E-state index in [2.05, 4.69) is 481 Å². The Morgan fingerprint density at radius 1 is 0.255 bits per heavy atom. The zero-order valence-corrected chi connectivity index (χ0v) is 104. The van der Waals surface area contributed by atoms with Gasteiger partial charge in [0, 0.05) is 31.1 Å². The maximum atomic E-state index is 5.84. The molecule has 2 aromatic heterocycles. The van der Waals surface area contributed by atoms with E-state index in [9.17, 15) is 0 Å². The van der Waals surface area contributed by atoms with E-state index in [1.807, 2.05) is 49.1 Å². The first-order valence-corrected chi connectivity index (χ1v) is 79.1. The van der Waals surface area contributed by atoms with Gasteiger partial charge in [-0.15, -0.1) is 0 Å². The zero-order chi connectivity index (χ0) is 102. The summed E-state index contributed by atoms with van der Waals surface area (Å²) in [5, 5.41) is 16.8. The van der Waals surface area contributed by atoms with Crippen molar-refractivity contribution in [3.63, 3.8) is 0 Å². The Balaban J connectivity index is 0.000000204. The van der Waals surface area contributed by atoms with Gasteiger partial charge in [0.2, 0.25) is 0 Å². The number of aryl methyl sites for hydroxylation is 2. The molecule has 2 heterocycles. The third-order valence-corrected chi connectivity index (χ3v) is 69.5. The molecule has 0 amide bonds. The normalized spacial score (nSPS) is 10.8. The fourth-order valence-electron chi connectivity index (χ4n) is 17.6. The van der Waals surface area contributed by atoms with Crippen LogP contribution in [-0.2, 0) is 20.4 Å². The maximum Gasteiger partial charge on any atom is 0.144 e. The third-order valence-electron chi connectivity index (χ3n) is 25.4. The Labute approximate surface area is 922 Å². The maximum absolute atomic E-state index is 5.84. The van der Waals surface area contributed by atoms with Crippen LogP contribution in [0.1, 0.15) is 189 Å². The number of hydrogen-bond donors (Lipinski definition) is 0. The number of imidazole rings is 2.